The van der Waals surface area contributed by atoms with E-state index in [9.17, 15) is 4.39 Å². The maximum Gasteiger partial charge on any atom is 0.214 e. The van der Waals surface area contributed by atoms with Crippen LogP contribution in [0.5, 0.6) is 0 Å². The van der Waals surface area contributed by atoms with Crippen LogP contribution in [0.1, 0.15) is 0 Å². The van der Waals surface area contributed by atoms with Crippen molar-refractivity contribution in [3.05, 3.63) is 24.3 Å². The summed E-state index contributed by atoms with van der Waals surface area (Å²) in [6.45, 7) is 0.904. The second-order valence-corrected chi connectivity index (χ2v) is 5.87. The Morgan fingerprint density at radius 2 is 2.47 bits per heavy atom. The molecule has 0 radical (unpaired) electrons. The number of hydrogen-bond donors (Lipinski definition) is 1. The maximum atomic E-state index is 12.8. The molecule has 1 saturated heterocycles. The van der Waals surface area contributed by atoms with Gasteiger partial charge in [-0.1, -0.05) is 0 Å². The molecule has 2 rings (SSSR count). The van der Waals surface area contributed by atoms with Crippen molar-refractivity contribution in [2.45, 2.75) is 5.25 Å². The van der Waals surface area contributed by atoms with Crippen molar-refractivity contribution < 1.29 is 4.39 Å². The zero-order valence-electron chi connectivity index (χ0n) is 8.28. The molecule has 1 aliphatic rings. The summed E-state index contributed by atoms with van der Waals surface area (Å²) in [6, 6.07) is 3.23. The molecular weight excluding hydrogens is 231 g/mol. The zero-order chi connectivity index (χ0) is 10.5. The van der Waals surface area contributed by atoms with Crippen LogP contribution in [0.2, 0.25) is 0 Å². The highest BCUT2D eigenvalue weighted by Gasteiger charge is 2.13. The number of aromatic nitrogens is 1. The number of halogens is 1. The molecule has 1 aliphatic heterocycles. The van der Waals surface area contributed by atoms with Gasteiger partial charge in [-0.05, 0) is 6.07 Å². The summed E-state index contributed by atoms with van der Waals surface area (Å²) in [7, 11) is 0. The maximum absolute atomic E-state index is 12.8. The van der Waals surface area contributed by atoms with Gasteiger partial charge in [-0.3, -0.25) is 0 Å². The largest absolute Gasteiger partial charge is 0.384 e. The van der Waals surface area contributed by atoms with Crippen LogP contribution in [0.15, 0.2) is 18.3 Å². The van der Waals surface area contributed by atoms with Gasteiger partial charge >= 0.3 is 0 Å². The van der Waals surface area contributed by atoms with E-state index in [4.69, 9.17) is 0 Å². The van der Waals surface area contributed by atoms with Gasteiger partial charge in [0.05, 0.1) is 0 Å². The van der Waals surface area contributed by atoms with Crippen molar-refractivity contribution in [1.29, 1.82) is 0 Å². The van der Waals surface area contributed by atoms with Gasteiger partial charge in [0.2, 0.25) is 5.95 Å². The first-order chi connectivity index (χ1) is 7.34. The topological polar surface area (TPSA) is 24.9 Å². The molecule has 1 aromatic heterocycles. The minimum absolute atomic E-state index is 0.425. The predicted octanol–water partition coefficient (Wildman–Crippen LogP) is 2.48. The third kappa shape index (κ3) is 3.57. The Morgan fingerprint density at radius 3 is 3.20 bits per heavy atom. The van der Waals surface area contributed by atoms with E-state index >= 15 is 0 Å². The summed E-state index contributed by atoms with van der Waals surface area (Å²) < 4.78 is 12.8. The molecule has 82 valence electrons. The lowest BCUT2D eigenvalue weighted by atomic mass is 10.4. The first-order valence-electron chi connectivity index (χ1n) is 4.89. The van der Waals surface area contributed by atoms with Crippen LogP contribution in [0.3, 0.4) is 0 Å². The highest BCUT2D eigenvalue weighted by atomic mass is 32.2. The molecule has 1 fully saturated rings. The highest BCUT2D eigenvalue weighted by Crippen LogP contribution is 2.24. The summed E-state index contributed by atoms with van der Waals surface area (Å²) >= 11 is 3.99. The number of thioether (sulfide) groups is 2. The fraction of sp³-hybridized carbons (Fsp3) is 0.500. The Morgan fingerprint density at radius 1 is 1.53 bits per heavy atom. The monoisotopic (exact) mass is 244 g/mol. The lowest BCUT2D eigenvalue weighted by Crippen LogP contribution is -2.23. The molecule has 5 heteroatoms. The van der Waals surface area contributed by atoms with Crippen molar-refractivity contribution in [2.75, 3.05) is 29.1 Å². The fourth-order valence-corrected chi connectivity index (χ4v) is 4.01. The Balaban J connectivity index is 1.81. The molecular formula is C10H13FN2S2. The molecule has 2 heterocycles. The minimum atomic E-state index is -0.425. The number of rotatable bonds is 3. The van der Waals surface area contributed by atoms with E-state index in [0.29, 0.717) is 5.25 Å². The van der Waals surface area contributed by atoms with E-state index in [1.54, 1.807) is 6.07 Å². The number of pyridine rings is 1. The lowest BCUT2D eigenvalue weighted by Gasteiger charge is -2.21. The van der Waals surface area contributed by atoms with E-state index in [1.807, 2.05) is 23.5 Å². The summed E-state index contributed by atoms with van der Waals surface area (Å²) in [5.41, 5.74) is 0.818. The van der Waals surface area contributed by atoms with Crippen molar-refractivity contribution in [3.8, 4) is 0 Å². The Bertz CT molecular complexity index is 316. The summed E-state index contributed by atoms with van der Waals surface area (Å²) in [5.74, 6) is 3.24. The van der Waals surface area contributed by atoms with Gasteiger partial charge in [-0.15, -0.1) is 0 Å². The van der Waals surface area contributed by atoms with Crippen LogP contribution >= 0.6 is 23.5 Å². The summed E-state index contributed by atoms with van der Waals surface area (Å²) in [5, 5.41) is 3.88. The third-order valence-corrected chi connectivity index (χ3v) is 4.99. The van der Waals surface area contributed by atoms with Crippen LogP contribution in [-0.2, 0) is 0 Å². The van der Waals surface area contributed by atoms with Crippen molar-refractivity contribution in [2.24, 2.45) is 0 Å². The van der Waals surface area contributed by atoms with Gasteiger partial charge in [-0.2, -0.15) is 27.9 Å². The molecule has 1 atom stereocenters. The molecule has 1 aromatic rings. The fourth-order valence-electron chi connectivity index (χ4n) is 1.40. The molecule has 1 unspecified atom stereocenters. The van der Waals surface area contributed by atoms with Crippen LogP contribution in [0, 0.1) is 5.95 Å². The summed E-state index contributed by atoms with van der Waals surface area (Å²) in [4.78, 5) is 3.52. The van der Waals surface area contributed by atoms with E-state index in [-0.39, 0.29) is 0 Å². The summed E-state index contributed by atoms with van der Waals surface area (Å²) in [6.07, 6.45) is 1.49. The van der Waals surface area contributed by atoms with Gasteiger partial charge in [0, 0.05) is 47.0 Å². The number of nitrogens with zero attached hydrogens (tertiary/aromatic N) is 1. The normalized spacial score (nSPS) is 21.3. The zero-order valence-corrected chi connectivity index (χ0v) is 9.91. The van der Waals surface area contributed by atoms with Crippen LogP contribution in [0.25, 0.3) is 0 Å². The standard InChI is InChI=1S/C10H13FN2S2/c11-10-5-8(1-2-12-10)13-6-9-7-14-3-4-15-9/h1-2,5,9H,3-4,6-7H2,(H,12,13). The van der Waals surface area contributed by atoms with Crippen LogP contribution < -0.4 is 5.32 Å². The molecule has 15 heavy (non-hydrogen) atoms. The van der Waals surface area contributed by atoms with Gasteiger partial charge in [-0.25, -0.2) is 4.98 Å². The highest BCUT2D eigenvalue weighted by molar-refractivity contribution is 8.06. The Hall–Kier alpha value is -0.420. The predicted molar refractivity (Wildman–Crippen MR) is 66.3 cm³/mol. The third-order valence-electron chi connectivity index (χ3n) is 2.15. The molecule has 0 aromatic carbocycles. The average molecular weight is 244 g/mol. The lowest BCUT2D eigenvalue weighted by molar-refractivity contribution is 0.584. The SMILES string of the molecule is Fc1cc(NCC2CSCCS2)ccn1. The molecule has 1 N–H and O–H groups in total. The second kappa shape index (κ2) is 5.61. The Kier molecular flexibility index (Phi) is 4.14. The molecule has 0 saturated carbocycles. The van der Waals surface area contributed by atoms with E-state index in [1.165, 1.54) is 29.5 Å². The van der Waals surface area contributed by atoms with E-state index in [2.05, 4.69) is 10.3 Å². The first-order valence-corrected chi connectivity index (χ1v) is 7.10. The number of nitrogens with one attached hydrogen (secondary N) is 1. The van der Waals surface area contributed by atoms with Crippen molar-refractivity contribution in [1.82, 2.24) is 4.98 Å². The molecule has 0 bridgehead atoms. The first kappa shape index (κ1) is 11.1. The van der Waals surface area contributed by atoms with Gasteiger partial charge < -0.3 is 5.32 Å². The van der Waals surface area contributed by atoms with Gasteiger partial charge in [0.25, 0.3) is 0 Å². The Labute approximate surface area is 97.4 Å². The molecule has 2 nitrogen and oxygen atoms in total. The second-order valence-electron chi connectivity index (χ2n) is 3.32. The number of anilines is 1. The van der Waals surface area contributed by atoms with Gasteiger partial charge in [0.15, 0.2) is 0 Å². The molecule has 0 amide bonds. The van der Waals surface area contributed by atoms with Crippen molar-refractivity contribution in [3.63, 3.8) is 0 Å². The van der Waals surface area contributed by atoms with Crippen molar-refractivity contribution >= 4 is 29.2 Å². The molecule has 0 spiro atoms. The van der Waals surface area contributed by atoms with Gasteiger partial charge in [0.1, 0.15) is 0 Å². The van der Waals surface area contributed by atoms with Crippen LogP contribution in [0.4, 0.5) is 10.1 Å². The van der Waals surface area contributed by atoms with E-state index < -0.39 is 5.95 Å². The van der Waals surface area contributed by atoms with E-state index in [0.717, 1.165) is 12.2 Å². The number of hydrogen-bond acceptors (Lipinski definition) is 4. The quantitative estimate of drug-likeness (QED) is 0.826. The average Bonchev–Trinajstić information content (AvgIpc) is 2.28. The van der Waals surface area contributed by atoms with Crippen LogP contribution in [-0.4, -0.2) is 34.0 Å². The minimum Gasteiger partial charge on any atom is -0.384 e. The smallest absolute Gasteiger partial charge is 0.214 e. The molecule has 0 aliphatic carbocycles.